The van der Waals surface area contributed by atoms with E-state index in [9.17, 15) is 9.50 Å². The molecule has 0 heterocycles. The Morgan fingerprint density at radius 3 is 2.89 bits per heavy atom. The van der Waals surface area contributed by atoms with Crippen molar-refractivity contribution in [3.8, 4) is 0 Å². The van der Waals surface area contributed by atoms with Gasteiger partial charge in [0.25, 0.3) is 0 Å². The first-order valence-corrected chi connectivity index (χ1v) is 7.12. The maximum Gasteiger partial charge on any atom is 0.124 e. The van der Waals surface area contributed by atoms with Crippen LogP contribution in [-0.2, 0) is 0 Å². The Bertz CT molecular complexity index is 407. The minimum Gasteiger partial charge on any atom is -0.388 e. The third kappa shape index (κ3) is 3.04. The molecule has 0 spiro atoms. The van der Waals surface area contributed by atoms with Crippen LogP contribution in [0.1, 0.15) is 50.7 Å². The fourth-order valence-electron chi connectivity index (χ4n) is 2.99. The van der Waals surface area contributed by atoms with Crippen molar-refractivity contribution in [1.29, 1.82) is 0 Å². The lowest BCUT2D eigenvalue weighted by Crippen LogP contribution is -2.21. The van der Waals surface area contributed by atoms with Crippen LogP contribution in [0.25, 0.3) is 0 Å². The first kappa shape index (κ1) is 13.8. The van der Waals surface area contributed by atoms with E-state index in [1.807, 2.05) is 0 Å². The summed E-state index contributed by atoms with van der Waals surface area (Å²) in [6, 6.07) is 4.25. The summed E-state index contributed by atoms with van der Waals surface area (Å²) in [4.78, 5) is 0. The summed E-state index contributed by atoms with van der Waals surface area (Å²) in [6.45, 7) is 2.20. The SMILES string of the molecule is CCC1CCCC(C(O)c2ccc(F)cc2Cl)C1. The highest BCUT2D eigenvalue weighted by Crippen LogP contribution is 2.40. The van der Waals surface area contributed by atoms with E-state index in [-0.39, 0.29) is 11.7 Å². The van der Waals surface area contributed by atoms with Crippen LogP contribution in [0.3, 0.4) is 0 Å². The minimum atomic E-state index is -0.563. The van der Waals surface area contributed by atoms with Crippen molar-refractivity contribution in [2.24, 2.45) is 11.8 Å². The molecule has 18 heavy (non-hydrogen) atoms. The van der Waals surface area contributed by atoms with E-state index in [4.69, 9.17) is 11.6 Å². The minimum absolute atomic E-state index is 0.256. The van der Waals surface area contributed by atoms with Crippen LogP contribution in [0.2, 0.25) is 5.02 Å². The van der Waals surface area contributed by atoms with Crippen molar-refractivity contribution < 1.29 is 9.50 Å². The molecule has 1 nitrogen and oxygen atoms in total. The molecule has 0 aromatic heterocycles. The van der Waals surface area contributed by atoms with Gasteiger partial charge in [-0.05, 0) is 42.4 Å². The molecule has 0 aliphatic heterocycles. The van der Waals surface area contributed by atoms with Crippen molar-refractivity contribution >= 4 is 11.6 Å². The second kappa shape index (κ2) is 6.03. The van der Waals surface area contributed by atoms with Gasteiger partial charge >= 0.3 is 0 Å². The van der Waals surface area contributed by atoms with Gasteiger partial charge in [-0.25, -0.2) is 4.39 Å². The van der Waals surface area contributed by atoms with Crippen molar-refractivity contribution in [3.63, 3.8) is 0 Å². The fourth-order valence-corrected chi connectivity index (χ4v) is 3.26. The summed E-state index contributed by atoms with van der Waals surface area (Å²) in [5.74, 6) is 0.607. The Morgan fingerprint density at radius 2 is 2.22 bits per heavy atom. The van der Waals surface area contributed by atoms with Gasteiger partial charge in [0.05, 0.1) is 6.10 Å². The van der Waals surface area contributed by atoms with Gasteiger partial charge in [0.1, 0.15) is 5.82 Å². The van der Waals surface area contributed by atoms with Crippen molar-refractivity contribution in [3.05, 3.63) is 34.6 Å². The number of halogens is 2. The van der Waals surface area contributed by atoms with Gasteiger partial charge in [0.15, 0.2) is 0 Å². The molecule has 3 unspecified atom stereocenters. The summed E-state index contributed by atoms with van der Waals surface area (Å²) in [5, 5.41) is 10.8. The number of benzene rings is 1. The molecule has 1 aliphatic carbocycles. The molecular weight excluding hydrogens is 251 g/mol. The molecule has 100 valence electrons. The normalized spacial score (nSPS) is 26.0. The molecule has 1 N–H and O–H groups in total. The molecule has 0 saturated heterocycles. The van der Waals surface area contributed by atoms with Crippen LogP contribution >= 0.6 is 11.6 Å². The predicted molar refractivity (Wildman–Crippen MR) is 72.1 cm³/mol. The second-order valence-electron chi connectivity index (χ2n) is 5.31. The highest BCUT2D eigenvalue weighted by Gasteiger charge is 2.28. The quantitative estimate of drug-likeness (QED) is 0.842. The Labute approximate surface area is 113 Å². The average Bonchev–Trinajstić information content (AvgIpc) is 2.38. The Morgan fingerprint density at radius 1 is 1.44 bits per heavy atom. The fraction of sp³-hybridized carbons (Fsp3) is 0.600. The van der Waals surface area contributed by atoms with Gasteiger partial charge in [0, 0.05) is 5.02 Å². The van der Waals surface area contributed by atoms with Gasteiger partial charge in [-0.15, -0.1) is 0 Å². The van der Waals surface area contributed by atoms with Gasteiger partial charge in [-0.1, -0.05) is 43.9 Å². The van der Waals surface area contributed by atoms with Crippen LogP contribution in [0, 0.1) is 17.7 Å². The zero-order valence-electron chi connectivity index (χ0n) is 10.7. The lowest BCUT2D eigenvalue weighted by atomic mass is 9.76. The van der Waals surface area contributed by atoms with Gasteiger partial charge in [-0.2, -0.15) is 0 Å². The summed E-state index contributed by atoms with van der Waals surface area (Å²) in [5.41, 5.74) is 0.666. The molecule has 0 bridgehead atoms. The van der Waals surface area contributed by atoms with E-state index in [0.29, 0.717) is 16.5 Å². The molecule has 1 saturated carbocycles. The summed E-state index contributed by atoms with van der Waals surface area (Å²) < 4.78 is 13.0. The summed E-state index contributed by atoms with van der Waals surface area (Å²) in [6.07, 6.45) is 5.11. The third-order valence-electron chi connectivity index (χ3n) is 4.13. The van der Waals surface area contributed by atoms with Crippen molar-refractivity contribution in [1.82, 2.24) is 0 Å². The number of hydrogen-bond acceptors (Lipinski definition) is 1. The lowest BCUT2D eigenvalue weighted by Gasteiger charge is -2.32. The maximum absolute atomic E-state index is 13.0. The Hall–Kier alpha value is -0.600. The van der Waals surface area contributed by atoms with Gasteiger partial charge in [-0.3, -0.25) is 0 Å². The zero-order valence-corrected chi connectivity index (χ0v) is 11.5. The van der Waals surface area contributed by atoms with Crippen molar-refractivity contribution in [2.75, 3.05) is 0 Å². The van der Waals surface area contributed by atoms with Crippen LogP contribution in [0.4, 0.5) is 4.39 Å². The lowest BCUT2D eigenvalue weighted by molar-refractivity contribution is 0.0678. The first-order chi connectivity index (χ1) is 8.61. The largest absolute Gasteiger partial charge is 0.388 e. The molecule has 3 heteroatoms. The molecule has 1 aromatic rings. The number of hydrogen-bond donors (Lipinski definition) is 1. The number of aliphatic hydroxyl groups excluding tert-OH is 1. The molecular formula is C15H20ClFO. The van der Waals surface area contributed by atoms with E-state index in [2.05, 4.69) is 6.92 Å². The molecule has 0 amide bonds. The van der Waals surface area contributed by atoms with Gasteiger partial charge in [0.2, 0.25) is 0 Å². The van der Waals surface area contributed by atoms with E-state index in [1.165, 1.54) is 31.4 Å². The standard InChI is InChI=1S/C15H20ClFO/c1-2-10-4-3-5-11(8-10)15(18)13-7-6-12(17)9-14(13)16/h6-7,9-11,15,18H,2-5,8H2,1H3. The number of rotatable bonds is 3. The number of aliphatic hydroxyl groups is 1. The highest BCUT2D eigenvalue weighted by molar-refractivity contribution is 6.31. The van der Waals surface area contributed by atoms with Crippen LogP contribution in [0.15, 0.2) is 18.2 Å². The van der Waals surface area contributed by atoms with E-state index >= 15 is 0 Å². The zero-order chi connectivity index (χ0) is 13.1. The second-order valence-corrected chi connectivity index (χ2v) is 5.72. The molecule has 1 fully saturated rings. The van der Waals surface area contributed by atoms with Crippen LogP contribution in [-0.4, -0.2) is 5.11 Å². The molecule has 3 atom stereocenters. The maximum atomic E-state index is 13.0. The van der Waals surface area contributed by atoms with E-state index < -0.39 is 6.10 Å². The van der Waals surface area contributed by atoms with E-state index in [0.717, 1.165) is 12.8 Å². The van der Waals surface area contributed by atoms with Gasteiger partial charge < -0.3 is 5.11 Å². The smallest absolute Gasteiger partial charge is 0.124 e. The van der Waals surface area contributed by atoms with Crippen LogP contribution < -0.4 is 0 Å². The highest BCUT2D eigenvalue weighted by atomic mass is 35.5. The average molecular weight is 271 g/mol. The Kier molecular flexibility index (Phi) is 4.63. The third-order valence-corrected chi connectivity index (χ3v) is 4.46. The predicted octanol–water partition coefficient (Wildman–Crippen LogP) is 4.73. The summed E-state index contributed by atoms with van der Waals surface area (Å²) >= 11 is 6.01. The topological polar surface area (TPSA) is 20.2 Å². The molecule has 1 aliphatic rings. The molecule has 0 radical (unpaired) electrons. The van der Waals surface area contributed by atoms with E-state index in [1.54, 1.807) is 6.07 Å². The molecule has 2 rings (SSSR count). The Balaban J connectivity index is 2.12. The van der Waals surface area contributed by atoms with Crippen LogP contribution in [0.5, 0.6) is 0 Å². The van der Waals surface area contributed by atoms with Crippen molar-refractivity contribution in [2.45, 2.75) is 45.1 Å². The molecule has 1 aromatic carbocycles. The monoisotopic (exact) mass is 270 g/mol. The summed E-state index contributed by atoms with van der Waals surface area (Å²) in [7, 11) is 0. The first-order valence-electron chi connectivity index (χ1n) is 6.74.